The molecule has 19 heavy (non-hydrogen) atoms. The molecule has 1 unspecified atom stereocenters. The lowest BCUT2D eigenvalue weighted by molar-refractivity contribution is -0.00983. The van der Waals surface area contributed by atoms with E-state index in [-0.39, 0.29) is 16.7 Å². The van der Waals surface area contributed by atoms with Gasteiger partial charge in [-0.2, -0.15) is 0 Å². The number of carbonyl (C=O) groups excluding carboxylic acids is 1. The molecule has 2 rings (SSSR count). The van der Waals surface area contributed by atoms with Gasteiger partial charge in [-0.1, -0.05) is 27.5 Å². The Kier molecular flexibility index (Phi) is 4.76. The van der Waals surface area contributed by atoms with Gasteiger partial charge in [0.1, 0.15) is 11.6 Å². The molecule has 1 fully saturated rings. The minimum absolute atomic E-state index is 0.141. The zero-order chi connectivity index (χ0) is 14.0. The molecule has 104 valence electrons. The highest BCUT2D eigenvalue weighted by Gasteiger charge is 2.26. The molecule has 1 atom stereocenters. The molecule has 1 saturated heterocycles. The first kappa shape index (κ1) is 14.7. The van der Waals surface area contributed by atoms with E-state index in [1.165, 1.54) is 4.90 Å². The Balaban J connectivity index is 2.22. The molecular formula is C12H11BrClF2NO2. The molecule has 3 nitrogen and oxygen atoms in total. The standard InChI is InChI=1S/C12H11BrClF2NO2/c13-5-7-6-17(1-2-19-7)12(18)8-3-11(16)9(14)4-10(8)15/h3-4,7H,1-2,5-6H2. The van der Waals surface area contributed by atoms with E-state index in [0.29, 0.717) is 25.0 Å². The summed E-state index contributed by atoms with van der Waals surface area (Å²) in [6, 6.07) is 1.64. The van der Waals surface area contributed by atoms with Crippen LogP contribution >= 0.6 is 27.5 Å². The normalized spacial score (nSPS) is 19.6. The average molecular weight is 355 g/mol. The van der Waals surface area contributed by atoms with Crippen LogP contribution in [0.25, 0.3) is 0 Å². The topological polar surface area (TPSA) is 29.5 Å². The lowest BCUT2D eigenvalue weighted by atomic mass is 10.1. The number of hydrogen-bond acceptors (Lipinski definition) is 2. The summed E-state index contributed by atoms with van der Waals surface area (Å²) >= 11 is 8.72. The Morgan fingerprint density at radius 1 is 1.47 bits per heavy atom. The van der Waals surface area contributed by atoms with Crippen LogP contribution in [0.15, 0.2) is 12.1 Å². The monoisotopic (exact) mass is 353 g/mol. The molecule has 1 aromatic carbocycles. The summed E-state index contributed by atoms with van der Waals surface area (Å²) < 4.78 is 32.4. The lowest BCUT2D eigenvalue weighted by Crippen LogP contribution is -2.46. The summed E-state index contributed by atoms with van der Waals surface area (Å²) in [7, 11) is 0. The molecule has 0 aromatic heterocycles. The van der Waals surface area contributed by atoms with Gasteiger partial charge in [-0.05, 0) is 12.1 Å². The maximum Gasteiger partial charge on any atom is 0.257 e. The van der Waals surface area contributed by atoms with Crippen molar-refractivity contribution in [2.75, 3.05) is 25.0 Å². The summed E-state index contributed by atoms with van der Waals surface area (Å²) in [5.74, 6) is -2.18. The van der Waals surface area contributed by atoms with Gasteiger partial charge < -0.3 is 9.64 Å². The number of benzene rings is 1. The predicted molar refractivity (Wildman–Crippen MR) is 70.8 cm³/mol. The van der Waals surface area contributed by atoms with E-state index in [9.17, 15) is 13.6 Å². The fraction of sp³-hybridized carbons (Fsp3) is 0.417. The first-order chi connectivity index (χ1) is 9.02. The molecule has 1 aliphatic rings. The second kappa shape index (κ2) is 6.15. The molecule has 1 aliphatic heterocycles. The minimum atomic E-state index is -0.821. The van der Waals surface area contributed by atoms with Gasteiger partial charge in [-0.15, -0.1) is 0 Å². The molecule has 7 heteroatoms. The van der Waals surface area contributed by atoms with Crippen molar-refractivity contribution in [1.29, 1.82) is 0 Å². The van der Waals surface area contributed by atoms with Crippen LogP contribution in [-0.2, 0) is 4.74 Å². The van der Waals surface area contributed by atoms with Crippen LogP contribution in [0, 0.1) is 11.6 Å². The fourth-order valence-corrected chi connectivity index (χ4v) is 2.40. The van der Waals surface area contributed by atoms with E-state index in [1.54, 1.807) is 0 Å². The highest BCUT2D eigenvalue weighted by Crippen LogP contribution is 2.21. The Labute approximate surface area is 122 Å². The first-order valence-corrected chi connectivity index (χ1v) is 7.14. The quantitative estimate of drug-likeness (QED) is 0.604. The van der Waals surface area contributed by atoms with E-state index >= 15 is 0 Å². The Morgan fingerprint density at radius 3 is 2.89 bits per heavy atom. The fourth-order valence-electron chi connectivity index (χ4n) is 1.85. The average Bonchev–Trinajstić information content (AvgIpc) is 2.42. The molecule has 1 heterocycles. The van der Waals surface area contributed by atoms with Gasteiger partial charge in [-0.25, -0.2) is 8.78 Å². The highest BCUT2D eigenvalue weighted by atomic mass is 79.9. The Hall–Kier alpha value is -0.720. The molecule has 0 bridgehead atoms. The largest absolute Gasteiger partial charge is 0.374 e. The number of hydrogen-bond donors (Lipinski definition) is 0. The lowest BCUT2D eigenvalue weighted by Gasteiger charge is -2.32. The molecule has 0 radical (unpaired) electrons. The zero-order valence-electron chi connectivity index (χ0n) is 9.84. The van der Waals surface area contributed by atoms with Crippen molar-refractivity contribution in [2.24, 2.45) is 0 Å². The summed E-state index contributed by atoms with van der Waals surface area (Å²) in [6.07, 6.45) is -0.141. The SMILES string of the molecule is O=C(c1cc(F)c(Cl)cc1F)N1CCOC(CBr)C1. The van der Waals surface area contributed by atoms with Crippen LogP contribution in [0.2, 0.25) is 5.02 Å². The number of alkyl halides is 1. The number of nitrogens with zero attached hydrogens (tertiary/aromatic N) is 1. The molecule has 0 N–H and O–H groups in total. The van der Waals surface area contributed by atoms with Crippen LogP contribution in [0.1, 0.15) is 10.4 Å². The predicted octanol–water partition coefficient (Wildman–Crippen LogP) is 2.85. The van der Waals surface area contributed by atoms with Crippen LogP contribution in [-0.4, -0.2) is 41.9 Å². The summed E-state index contributed by atoms with van der Waals surface area (Å²) in [6.45, 7) is 1.07. The van der Waals surface area contributed by atoms with E-state index in [0.717, 1.165) is 12.1 Å². The minimum Gasteiger partial charge on any atom is -0.374 e. The number of amides is 1. The van der Waals surface area contributed by atoms with Crippen molar-refractivity contribution < 1.29 is 18.3 Å². The molecule has 0 aliphatic carbocycles. The molecule has 0 spiro atoms. The van der Waals surface area contributed by atoms with Gasteiger partial charge >= 0.3 is 0 Å². The van der Waals surface area contributed by atoms with E-state index in [2.05, 4.69) is 15.9 Å². The molecular weight excluding hydrogens is 343 g/mol. The van der Waals surface area contributed by atoms with Gasteiger partial charge in [0.2, 0.25) is 0 Å². The van der Waals surface area contributed by atoms with Gasteiger partial charge in [0.15, 0.2) is 0 Å². The maximum absolute atomic E-state index is 13.7. The van der Waals surface area contributed by atoms with Gasteiger partial charge in [0, 0.05) is 18.4 Å². The van der Waals surface area contributed by atoms with E-state index in [4.69, 9.17) is 16.3 Å². The van der Waals surface area contributed by atoms with Crippen molar-refractivity contribution in [2.45, 2.75) is 6.10 Å². The third-order valence-corrected chi connectivity index (χ3v) is 3.85. The molecule has 0 saturated carbocycles. The van der Waals surface area contributed by atoms with E-state index in [1.807, 2.05) is 0 Å². The van der Waals surface area contributed by atoms with Gasteiger partial charge in [0.05, 0.1) is 23.3 Å². The maximum atomic E-state index is 13.7. The van der Waals surface area contributed by atoms with Crippen molar-refractivity contribution in [1.82, 2.24) is 4.90 Å². The smallest absolute Gasteiger partial charge is 0.257 e. The van der Waals surface area contributed by atoms with Crippen LogP contribution in [0.5, 0.6) is 0 Å². The van der Waals surface area contributed by atoms with Crippen molar-refractivity contribution >= 4 is 33.4 Å². The third-order valence-electron chi connectivity index (χ3n) is 2.84. The van der Waals surface area contributed by atoms with Crippen LogP contribution in [0.4, 0.5) is 8.78 Å². The van der Waals surface area contributed by atoms with Crippen LogP contribution < -0.4 is 0 Å². The number of carbonyl (C=O) groups is 1. The van der Waals surface area contributed by atoms with Gasteiger partial charge in [-0.3, -0.25) is 4.79 Å². The van der Waals surface area contributed by atoms with Crippen molar-refractivity contribution in [3.8, 4) is 0 Å². The summed E-state index contributed by atoms with van der Waals surface area (Å²) in [4.78, 5) is 13.6. The Bertz CT molecular complexity index is 501. The number of rotatable bonds is 2. The van der Waals surface area contributed by atoms with Crippen molar-refractivity contribution in [3.05, 3.63) is 34.4 Å². The van der Waals surface area contributed by atoms with Crippen LogP contribution in [0.3, 0.4) is 0 Å². The van der Waals surface area contributed by atoms with Crippen molar-refractivity contribution in [3.63, 3.8) is 0 Å². The molecule has 1 aromatic rings. The summed E-state index contributed by atoms with van der Waals surface area (Å²) in [5.41, 5.74) is -0.308. The third kappa shape index (κ3) is 3.24. The highest BCUT2D eigenvalue weighted by molar-refractivity contribution is 9.09. The summed E-state index contributed by atoms with van der Waals surface area (Å²) in [5, 5.41) is 0.239. The number of halogens is 4. The molecule has 1 amide bonds. The first-order valence-electron chi connectivity index (χ1n) is 5.64. The van der Waals surface area contributed by atoms with Gasteiger partial charge in [0.25, 0.3) is 5.91 Å². The number of ether oxygens (including phenoxy) is 1. The second-order valence-electron chi connectivity index (χ2n) is 4.14. The number of morpholine rings is 1. The second-order valence-corrected chi connectivity index (χ2v) is 5.20. The zero-order valence-corrected chi connectivity index (χ0v) is 12.2. The van der Waals surface area contributed by atoms with E-state index < -0.39 is 17.5 Å². The Morgan fingerprint density at radius 2 is 2.21 bits per heavy atom.